The molecule has 1 heterocycles. The number of carbonyl (C=O) groups excluding carboxylic acids is 1. The zero-order valence-corrected chi connectivity index (χ0v) is 11.0. The molecule has 1 aromatic heterocycles. The van der Waals surface area contributed by atoms with Crippen molar-refractivity contribution in [1.82, 2.24) is 15.3 Å². The number of aryl methyl sites for hydroxylation is 1. The number of hydrogen-bond acceptors (Lipinski definition) is 3. The SMILES string of the molecule is Cc1cccc(CNC(=O)CSc2ncc[nH]2)c1. The molecule has 0 saturated heterocycles. The van der Waals surface area contributed by atoms with Crippen LogP contribution < -0.4 is 5.32 Å². The largest absolute Gasteiger partial charge is 0.351 e. The standard InChI is InChI=1S/C13H15N3OS/c1-10-3-2-4-11(7-10)8-16-12(17)9-18-13-14-5-6-15-13/h2-7H,8-9H2,1H3,(H,14,15)(H,16,17). The Hall–Kier alpha value is -1.75. The monoisotopic (exact) mass is 261 g/mol. The van der Waals surface area contributed by atoms with Gasteiger partial charge in [-0.05, 0) is 12.5 Å². The number of rotatable bonds is 5. The lowest BCUT2D eigenvalue weighted by Gasteiger charge is -2.05. The highest BCUT2D eigenvalue weighted by Crippen LogP contribution is 2.10. The summed E-state index contributed by atoms with van der Waals surface area (Å²) in [4.78, 5) is 18.6. The molecule has 0 aliphatic heterocycles. The Labute approximate surface area is 110 Å². The quantitative estimate of drug-likeness (QED) is 0.811. The molecule has 1 amide bonds. The van der Waals surface area contributed by atoms with Crippen LogP contribution in [0.1, 0.15) is 11.1 Å². The number of hydrogen-bond donors (Lipinski definition) is 2. The van der Waals surface area contributed by atoms with Crippen LogP contribution in [0.5, 0.6) is 0 Å². The molecule has 1 aromatic carbocycles. The van der Waals surface area contributed by atoms with E-state index in [4.69, 9.17) is 0 Å². The van der Waals surface area contributed by atoms with Crippen molar-refractivity contribution in [3.05, 3.63) is 47.8 Å². The van der Waals surface area contributed by atoms with Crippen LogP contribution in [-0.4, -0.2) is 21.6 Å². The minimum Gasteiger partial charge on any atom is -0.351 e. The van der Waals surface area contributed by atoms with Crippen LogP contribution in [0.2, 0.25) is 0 Å². The van der Waals surface area contributed by atoms with E-state index in [0.29, 0.717) is 12.3 Å². The van der Waals surface area contributed by atoms with Crippen molar-refractivity contribution in [2.24, 2.45) is 0 Å². The van der Waals surface area contributed by atoms with E-state index >= 15 is 0 Å². The number of H-pyrrole nitrogens is 1. The molecule has 5 heteroatoms. The second-order valence-corrected chi connectivity index (χ2v) is 4.91. The summed E-state index contributed by atoms with van der Waals surface area (Å²) in [5, 5.41) is 3.65. The van der Waals surface area contributed by atoms with Gasteiger partial charge in [0.05, 0.1) is 5.75 Å². The first-order valence-electron chi connectivity index (χ1n) is 5.68. The van der Waals surface area contributed by atoms with Gasteiger partial charge in [-0.3, -0.25) is 4.79 Å². The Morgan fingerprint density at radius 3 is 3.11 bits per heavy atom. The number of amides is 1. The van der Waals surface area contributed by atoms with Gasteiger partial charge in [0, 0.05) is 18.9 Å². The summed E-state index contributed by atoms with van der Waals surface area (Å²) in [6.45, 7) is 2.61. The van der Waals surface area contributed by atoms with E-state index in [1.165, 1.54) is 17.3 Å². The summed E-state index contributed by atoms with van der Waals surface area (Å²) in [5.74, 6) is 0.386. The van der Waals surface area contributed by atoms with Gasteiger partial charge in [-0.2, -0.15) is 0 Å². The third-order valence-corrected chi connectivity index (χ3v) is 3.29. The molecule has 0 saturated carbocycles. The van der Waals surface area contributed by atoms with Crippen molar-refractivity contribution in [3.63, 3.8) is 0 Å². The number of benzene rings is 1. The Balaban J connectivity index is 1.75. The molecule has 0 aliphatic rings. The van der Waals surface area contributed by atoms with Crippen LogP contribution in [-0.2, 0) is 11.3 Å². The lowest BCUT2D eigenvalue weighted by molar-refractivity contribution is -0.118. The Morgan fingerprint density at radius 1 is 1.50 bits per heavy atom. The fourth-order valence-corrected chi connectivity index (χ4v) is 2.19. The Bertz CT molecular complexity index is 511. The van der Waals surface area contributed by atoms with Crippen molar-refractivity contribution in [2.75, 3.05) is 5.75 Å². The van der Waals surface area contributed by atoms with E-state index in [2.05, 4.69) is 21.4 Å². The zero-order chi connectivity index (χ0) is 12.8. The summed E-state index contributed by atoms with van der Waals surface area (Å²) >= 11 is 1.39. The molecule has 18 heavy (non-hydrogen) atoms. The lowest BCUT2D eigenvalue weighted by atomic mass is 10.1. The topological polar surface area (TPSA) is 57.8 Å². The van der Waals surface area contributed by atoms with Gasteiger partial charge in [-0.25, -0.2) is 4.98 Å². The molecule has 2 aromatic rings. The third-order valence-electron chi connectivity index (χ3n) is 2.39. The Kier molecular flexibility index (Phi) is 4.41. The summed E-state index contributed by atoms with van der Waals surface area (Å²) in [6, 6.07) is 8.11. The van der Waals surface area contributed by atoms with Crippen LogP contribution in [0.15, 0.2) is 41.8 Å². The fourth-order valence-electron chi connectivity index (χ4n) is 1.54. The van der Waals surface area contributed by atoms with E-state index < -0.39 is 0 Å². The maximum atomic E-state index is 11.6. The summed E-state index contributed by atoms with van der Waals surface area (Å²) in [6.07, 6.45) is 3.42. The molecule has 2 rings (SSSR count). The number of nitrogens with zero attached hydrogens (tertiary/aromatic N) is 1. The summed E-state index contributed by atoms with van der Waals surface area (Å²) in [5.41, 5.74) is 2.32. The molecule has 94 valence electrons. The molecule has 0 bridgehead atoms. The number of carbonyl (C=O) groups is 1. The molecular weight excluding hydrogens is 246 g/mol. The normalized spacial score (nSPS) is 10.3. The average molecular weight is 261 g/mol. The molecule has 0 fully saturated rings. The number of aromatic amines is 1. The van der Waals surface area contributed by atoms with Gasteiger partial charge in [-0.1, -0.05) is 41.6 Å². The van der Waals surface area contributed by atoms with E-state index in [-0.39, 0.29) is 5.91 Å². The maximum Gasteiger partial charge on any atom is 0.230 e. The molecule has 0 radical (unpaired) electrons. The van der Waals surface area contributed by atoms with Gasteiger partial charge in [0.25, 0.3) is 0 Å². The van der Waals surface area contributed by atoms with Gasteiger partial charge >= 0.3 is 0 Å². The van der Waals surface area contributed by atoms with Gasteiger partial charge in [0.1, 0.15) is 0 Å². The highest BCUT2D eigenvalue weighted by atomic mass is 32.2. The second-order valence-electron chi connectivity index (χ2n) is 3.95. The van der Waals surface area contributed by atoms with Crippen LogP contribution in [0.4, 0.5) is 0 Å². The second kappa shape index (κ2) is 6.26. The molecular formula is C13H15N3OS. The smallest absolute Gasteiger partial charge is 0.230 e. The van der Waals surface area contributed by atoms with Crippen LogP contribution in [0, 0.1) is 6.92 Å². The van der Waals surface area contributed by atoms with Crippen molar-refractivity contribution in [2.45, 2.75) is 18.6 Å². The van der Waals surface area contributed by atoms with E-state index in [0.717, 1.165) is 10.7 Å². The van der Waals surface area contributed by atoms with E-state index in [9.17, 15) is 4.79 Å². The van der Waals surface area contributed by atoms with Crippen molar-refractivity contribution in [3.8, 4) is 0 Å². The molecule has 2 N–H and O–H groups in total. The Morgan fingerprint density at radius 2 is 2.39 bits per heavy atom. The van der Waals surface area contributed by atoms with Crippen molar-refractivity contribution < 1.29 is 4.79 Å². The minimum atomic E-state index is 0.0120. The molecule has 0 aliphatic carbocycles. The molecule has 0 spiro atoms. The first-order valence-corrected chi connectivity index (χ1v) is 6.67. The number of aromatic nitrogens is 2. The predicted octanol–water partition coefficient (Wildman–Crippen LogP) is 2.13. The first-order chi connectivity index (χ1) is 8.74. The van der Waals surface area contributed by atoms with Crippen LogP contribution in [0.25, 0.3) is 0 Å². The van der Waals surface area contributed by atoms with Crippen LogP contribution >= 0.6 is 11.8 Å². The summed E-state index contributed by atoms with van der Waals surface area (Å²) < 4.78 is 0. The van der Waals surface area contributed by atoms with Gasteiger partial charge in [-0.15, -0.1) is 0 Å². The minimum absolute atomic E-state index is 0.0120. The average Bonchev–Trinajstić information content (AvgIpc) is 2.87. The molecule has 0 unspecified atom stereocenters. The first kappa shape index (κ1) is 12.7. The molecule has 0 atom stereocenters. The molecule has 4 nitrogen and oxygen atoms in total. The zero-order valence-electron chi connectivity index (χ0n) is 10.1. The summed E-state index contributed by atoms with van der Waals surface area (Å²) in [7, 11) is 0. The van der Waals surface area contributed by atoms with Gasteiger partial charge in [0.15, 0.2) is 5.16 Å². The third kappa shape index (κ3) is 3.92. The predicted molar refractivity (Wildman–Crippen MR) is 72.3 cm³/mol. The number of imidazole rings is 1. The van der Waals surface area contributed by atoms with E-state index in [1.807, 2.05) is 25.1 Å². The lowest BCUT2D eigenvalue weighted by Crippen LogP contribution is -2.24. The van der Waals surface area contributed by atoms with Crippen molar-refractivity contribution >= 4 is 17.7 Å². The fraction of sp³-hybridized carbons (Fsp3) is 0.231. The van der Waals surface area contributed by atoms with E-state index in [1.54, 1.807) is 12.4 Å². The van der Waals surface area contributed by atoms with Crippen LogP contribution in [0.3, 0.4) is 0 Å². The van der Waals surface area contributed by atoms with Crippen molar-refractivity contribution in [1.29, 1.82) is 0 Å². The highest BCUT2D eigenvalue weighted by Gasteiger charge is 2.04. The van der Waals surface area contributed by atoms with Gasteiger partial charge in [0.2, 0.25) is 5.91 Å². The number of thioether (sulfide) groups is 1. The number of nitrogens with one attached hydrogen (secondary N) is 2. The van der Waals surface area contributed by atoms with Gasteiger partial charge < -0.3 is 10.3 Å². The highest BCUT2D eigenvalue weighted by molar-refractivity contribution is 7.99. The maximum absolute atomic E-state index is 11.6.